The molecule has 1 aliphatic rings. The number of hydrogen-bond donors (Lipinski definition) is 1. The molecule has 0 spiro atoms. The quantitative estimate of drug-likeness (QED) is 0.926. The van der Waals surface area contributed by atoms with Gasteiger partial charge < -0.3 is 15.4 Å². The van der Waals surface area contributed by atoms with Crippen LogP contribution < -0.4 is 5.73 Å². The van der Waals surface area contributed by atoms with E-state index in [4.69, 9.17) is 10.5 Å². The number of amides is 1. The summed E-state index contributed by atoms with van der Waals surface area (Å²) >= 11 is 0. The predicted molar refractivity (Wildman–Crippen MR) is 70.3 cm³/mol. The van der Waals surface area contributed by atoms with Crippen LogP contribution in [0.1, 0.15) is 18.1 Å². The van der Waals surface area contributed by atoms with Gasteiger partial charge in [0.05, 0.1) is 17.7 Å². The van der Waals surface area contributed by atoms with E-state index in [2.05, 4.69) is 0 Å². The van der Waals surface area contributed by atoms with Crippen LogP contribution in [-0.2, 0) is 22.3 Å². The van der Waals surface area contributed by atoms with Crippen LogP contribution in [0, 0.1) is 0 Å². The zero-order valence-electron chi connectivity index (χ0n) is 11.6. The second-order valence-corrected chi connectivity index (χ2v) is 5.35. The molecule has 1 aliphatic heterocycles. The molecule has 116 valence electrons. The second kappa shape index (κ2) is 5.65. The highest BCUT2D eigenvalue weighted by Gasteiger charge is 2.37. The summed E-state index contributed by atoms with van der Waals surface area (Å²) in [4.78, 5) is 13.2. The topological polar surface area (TPSA) is 55.6 Å². The van der Waals surface area contributed by atoms with Gasteiger partial charge in [0.15, 0.2) is 0 Å². The Bertz CT molecular complexity index is 533. The van der Waals surface area contributed by atoms with Crippen LogP contribution in [0.15, 0.2) is 24.3 Å². The minimum absolute atomic E-state index is 0.0691. The molecule has 0 saturated carbocycles. The molecule has 2 N–H and O–H groups in total. The molecule has 1 amide bonds. The summed E-state index contributed by atoms with van der Waals surface area (Å²) in [6.07, 6.45) is -4.44. The van der Waals surface area contributed by atoms with Crippen molar-refractivity contribution in [2.45, 2.75) is 25.2 Å². The van der Waals surface area contributed by atoms with Gasteiger partial charge in [-0.15, -0.1) is 0 Å². The minimum Gasteiger partial charge on any atom is -0.362 e. The lowest BCUT2D eigenvalue weighted by Crippen LogP contribution is -2.56. The van der Waals surface area contributed by atoms with Crippen LogP contribution in [0.25, 0.3) is 0 Å². The van der Waals surface area contributed by atoms with Gasteiger partial charge in [-0.25, -0.2) is 0 Å². The maximum Gasteiger partial charge on any atom is 0.416 e. The molecule has 0 aromatic heterocycles. The van der Waals surface area contributed by atoms with E-state index in [0.717, 1.165) is 6.07 Å². The van der Waals surface area contributed by atoms with E-state index in [1.54, 1.807) is 6.92 Å². The standard InChI is InChI=1S/C14H17F3N2O2/c1-13(8-18)9-19(12(20)7-21-13)6-10-4-2-3-5-11(10)14(15,16)17/h2-5H,6-9,18H2,1H3. The average Bonchev–Trinajstić information content (AvgIpc) is 2.43. The van der Waals surface area contributed by atoms with Crippen molar-refractivity contribution in [2.75, 3.05) is 19.7 Å². The number of rotatable bonds is 3. The highest BCUT2D eigenvalue weighted by molar-refractivity contribution is 5.78. The van der Waals surface area contributed by atoms with E-state index in [1.165, 1.54) is 23.1 Å². The third kappa shape index (κ3) is 3.54. The van der Waals surface area contributed by atoms with Crippen LogP contribution in [0.3, 0.4) is 0 Å². The zero-order chi connectivity index (χ0) is 15.7. The van der Waals surface area contributed by atoms with Gasteiger partial charge in [0.2, 0.25) is 5.91 Å². The van der Waals surface area contributed by atoms with E-state index >= 15 is 0 Å². The molecule has 1 aromatic carbocycles. The highest BCUT2D eigenvalue weighted by Crippen LogP contribution is 2.33. The van der Waals surface area contributed by atoms with E-state index in [9.17, 15) is 18.0 Å². The van der Waals surface area contributed by atoms with Gasteiger partial charge in [0, 0.05) is 13.1 Å². The predicted octanol–water partition coefficient (Wildman–Crippen LogP) is 1.78. The molecular formula is C14H17F3N2O2. The normalized spacial score (nSPS) is 23.5. The number of nitrogens with two attached hydrogens (primary N) is 1. The summed E-state index contributed by atoms with van der Waals surface area (Å²) in [5.41, 5.74) is 4.22. The molecular weight excluding hydrogens is 285 g/mol. The first-order chi connectivity index (χ1) is 9.75. The summed E-state index contributed by atoms with van der Waals surface area (Å²) in [7, 11) is 0. The number of nitrogens with zero attached hydrogens (tertiary/aromatic N) is 1. The second-order valence-electron chi connectivity index (χ2n) is 5.35. The SMILES string of the molecule is CC1(CN)CN(Cc2ccccc2C(F)(F)F)C(=O)CO1. The zero-order valence-corrected chi connectivity index (χ0v) is 11.6. The molecule has 1 unspecified atom stereocenters. The van der Waals surface area contributed by atoms with Crippen molar-refractivity contribution in [1.29, 1.82) is 0 Å². The number of benzene rings is 1. The summed E-state index contributed by atoms with van der Waals surface area (Å²) in [6, 6.07) is 5.25. The van der Waals surface area contributed by atoms with Crippen molar-refractivity contribution in [3.8, 4) is 0 Å². The van der Waals surface area contributed by atoms with Crippen molar-refractivity contribution in [3.63, 3.8) is 0 Å². The van der Waals surface area contributed by atoms with Crippen LogP contribution in [-0.4, -0.2) is 36.1 Å². The third-order valence-corrected chi connectivity index (χ3v) is 3.54. The fourth-order valence-electron chi connectivity index (χ4n) is 2.27. The highest BCUT2D eigenvalue weighted by atomic mass is 19.4. The lowest BCUT2D eigenvalue weighted by atomic mass is 10.0. The maximum atomic E-state index is 13.0. The van der Waals surface area contributed by atoms with Crippen molar-refractivity contribution >= 4 is 5.91 Å². The van der Waals surface area contributed by atoms with Gasteiger partial charge in [0.1, 0.15) is 6.61 Å². The van der Waals surface area contributed by atoms with Gasteiger partial charge in [-0.3, -0.25) is 4.79 Å². The van der Waals surface area contributed by atoms with Gasteiger partial charge in [-0.05, 0) is 18.6 Å². The number of ether oxygens (including phenoxy) is 1. The summed E-state index contributed by atoms with van der Waals surface area (Å²) in [6.45, 7) is 1.84. The van der Waals surface area contributed by atoms with Crippen molar-refractivity contribution in [3.05, 3.63) is 35.4 Å². The Morgan fingerprint density at radius 1 is 1.38 bits per heavy atom. The molecule has 1 atom stereocenters. The lowest BCUT2D eigenvalue weighted by Gasteiger charge is -2.39. The molecule has 21 heavy (non-hydrogen) atoms. The molecule has 1 heterocycles. The Morgan fingerprint density at radius 3 is 2.67 bits per heavy atom. The van der Waals surface area contributed by atoms with Crippen LogP contribution >= 0.6 is 0 Å². The van der Waals surface area contributed by atoms with Crippen LogP contribution in [0.2, 0.25) is 0 Å². The largest absolute Gasteiger partial charge is 0.416 e. The first kappa shape index (κ1) is 15.8. The average molecular weight is 302 g/mol. The molecule has 4 nitrogen and oxygen atoms in total. The monoisotopic (exact) mass is 302 g/mol. The number of morpholine rings is 1. The molecule has 2 rings (SSSR count). The fraction of sp³-hybridized carbons (Fsp3) is 0.500. The van der Waals surface area contributed by atoms with E-state index < -0.39 is 17.3 Å². The Morgan fingerprint density at radius 2 is 2.05 bits per heavy atom. The number of carbonyl (C=O) groups is 1. The van der Waals surface area contributed by atoms with Crippen molar-refractivity contribution in [1.82, 2.24) is 4.90 Å². The van der Waals surface area contributed by atoms with Gasteiger partial charge >= 0.3 is 6.18 Å². The Labute approximate surface area is 120 Å². The van der Waals surface area contributed by atoms with Gasteiger partial charge in [-0.1, -0.05) is 18.2 Å². The molecule has 7 heteroatoms. The number of alkyl halides is 3. The number of hydrogen-bond acceptors (Lipinski definition) is 3. The smallest absolute Gasteiger partial charge is 0.362 e. The molecule has 0 radical (unpaired) electrons. The molecule has 1 fully saturated rings. The van der Waals surface area contributed by atoms with Crippen molar-refractivity contribution < 1.29 is 22.7 Å². The van der Waals surface area contributed by atoms with Crippen LogP contribution in [0.5, 0.6) is 0 Å². The molecule has 0 bridgehead atoms. The summed E-state index contributed by atoms with van der Waals surface area (Å²) in [5, 5.41) is 0. The maximum absolute atomic E-state index is 13.0. The van der Waals surface area contributed by atoms with Crippen LogP contribution in [0.4, 0.5) is 13.2 Å². The first-order valence-electron chi connectivity index (χ1n) is 6.52. The number of halogens is 3. The van der Waals surface area contributed by atoms with E-state index in [0.29, 0.717) is 0 Å². The first-order valence-corrected chi connectivity index (χ1v) is 6.52. The minimum atomic E-state index is -4.44. The number of carbonyl (C=O) groups excluding carboxylic acids is 1. The summed E-state index contributed by atoms with van der Waals surface area (Å²) in [5.74, 6) is -0.335. The third-order valence-electron chi connectivity index (χ3n) is 3.54. The Hall–Kier alpha value is -1.60. The molecule has 1 aromatic rings. The van der Waals surface area contributed by atoms with Gasteiger partial charge in [0.25, 0.3) is 0 Å². The molecule has 1 saturated heterocycles. The van der Waals surface area contributed by atoms with Gasteiger partial charge in [-0.2, -0.15) is 13.2 Å². The fourth-order valence-corrected chi connectivity index (χ4v) is 2.27. The Balaban J connectivity index is 2.23. The van der Waals surface area contributed by atoms with E-state index in [-0.39, 0.29) is 37.7 Å². The lowest BCUT2D eigenvalue weighted by molar-refractivity contribution is -0.161. The Kier molecular flexibility index (Phi) is 4.25. The molecule has 0 aliphatic carbocycles. The van der Waals surface area contributed by atoms with Crippen molar-refractivity contribution in [2.24, 2.45) is 5.73 Å². The summed E-state index contributed by atoms with van der Waals surface area (Å²) < 4.78 is 44.3. The van der Waals surface area contributed by atoms with E-state index in [1.807, 2.05) is 0 Å².